The average molecular weight is 347 g/mol. The summed E-state index contributed by atoms with van der Waals surface area (Å²) >= 11 is 3.17. The number of rotatable bonds is 5. The highest BCUT2D eigenvalue weighted by Gasteiger charge is 2.16. The fourth-order valence-corrected chi connectivity index (χ4v) is 4.24. The first-order chi connectivity index (χ1) is 11.2. The van der Waals surface area contributed by atoms with Gasteiger partial charge in [-0.25, -0.2) is 9.97 Å². The average Bonchev–Trinajstić information content (AvgIpc) is 2.60. The van der Waals surface area contributed by atoms with Crippen molar-refractivity contribution < 1.29 is 0 Å². The molecule has 0 aliphatic heterocycles. The molecule has 3 rings (SSSR count). The lowest BCUT2D eigenvalue weighted by Gasteiger charge is -2.22. The van der Waals surface area contributed by atoms with Crippen LogP contribution in [0.2, 0.25) is 0 Å². The van der Waals surface area contributed by atoms with E-state index in [0.717, 1.165) is 21.6 Å². The van der Waals surface area contributed by atoms with Crippen LogP contribution < -0.4 is 5.73 Å². The maximum atomic E-state index is 5.83. The number of nitrogens with two attached hydrogens (primary N) is 1. The highest BCUT2D eigenvalue weighted by molar-refractivity contribution is 7.99. The quantitative estimate of drug-likeness (QED) is 0.488. The first-order valence-electron chi connectivity index (χ1n) is 8.01. The van der Waals surface area contributed by atoms with Crippen LogP contribution in [-0.4, -0.2) is 21.2 Å². The van der Waals surface area contributed by atoms with Crippen molar-refractivity contribution in [1.29, 1.82) is 0 Å². The first kappa shape index (κ1) is 16.6. The summed E-state index contributed by atoms with van der Waals surface area (Å²) < 4.78 is 0. The highest BCUT2D eigenvalue weighted by atomic mass is 32.2. The summed E-state index contributed by atoms with van der Waals surface area (Å²) in [5, 5.41) is 1.63. The number of aromatic nitrogens is 3. The molecule has 2 N–H and O–H groups in total. The maximum absolute atomic E-state index is 5.83. The van der Waals surface area contributed by atoms with Gasteiger partial charge in [0.2, 0.25) is 0 Å². The van der Waals surface area contributed by atoms with Crippen molar-refractivity contribution in [2.75, 3.05) is 12.0 Å². The van der Waals surface area contributed by atoms with E-state index in [1.54, 1.807) is 29.6 Å². The molecule has 23 heavy (non-hydrogen) atoms. The zero-order chi connectivity index (χ0) is 16.1. The Morgan fingerprint density at radius 2 is 2.00 bits per heavy atom. The van der Waals surface area contributed by atoms with Gasteiger partial charge < -0.3 is 5.73 Å². The molecule has 1 aliphatic carbocycles. The number of pyridine rings is 1. The summed E-state index contributed by atoms with van der Waals surface area (Å²) in [5.74, 6) is 2.01. The fourth-order valence-electron chi connectivity index (χ4n) is 2.99. The molecule has 0 spiro atoms. The lowest BCUT2D eigenvalue weighted by atomic mass is 9.84. The standard InChI is InChI=1S/C17H22N4S2/c1-22-16-10-15(18)20-17(21-16)23-11-14-9-13(7-8-19-14)12-5-3-2-4-6-12/h7-10,12H,2-6,11H2,1H3,(H2,18,20,21). The molecule has 0 radical (unpaired) electrons. The second kappa shape index (κ2) is 8.02. The van der Waals surface area contributed by atoms with E-state index in [-0.39, 0.29) is 0 Å². The van der Waals surface area contributed by atoms with Crippen LogP contribution in [0, 0.1) is 0 Å². The topological polar surface area (TPSA) is 64.7 Å². The van der Waals surface area contributed by atoms with Gasteiger partial charge in [-0.1, -0.05) is 31.0 Å². The molecular formula is C17H22N4S2. The molecule has 0 atom stereocenters. The molecule has 1 fully saturated rings. The monoisotopic (exact) mass is 346 g/mol. The summed E-state index contributed by atoms with van der Waals surface area (Å²) in [7, 11) is 0. The van der Waals surface area contributed by atoms with E-state index in [9.17, 15) is 0 Å². The number of hydrogen-bond acceptors (Lipinski definition) is 6. The number of hydrogen-bond donors (Lipinski definition) is 1. The molecule has 1 aliphatic rings. The van der Waals surface area contributed by atoms with Gasteiger partial charge in [-0.3, -0.25) is 4.98 Å². The number of thioether (sulfide) groups is 2. The van der Waals surface area contributed by atoms with Crippen LogP contribution in [0.1, 0.15) is 49.3 Å². The van der Waals surface area contributed by atoms with Crippen LogP contribution >= 0.6 is 23.5 Å². The molecule has 2 aromatic heterocycles. The predicted molar refractivity (Wildman–Crippen MR) is 97.8 cm³/mol. The minimum absolute atomic E-state index is 0.524. The molecule has 1 saturated carbocycles. The Hall–Kier alpha value is -1.27. The maximum Gasteiger partial charge on any atom is 0.190 e. The second-order valence-electron chi connectivity index (χ2n) is 5.82. The van der Waals surface area contributed by atoms with E-state index in [0.29, 0.717) is 11.7 Å². The Balaban J connectivity index is 1.67. The molecule has 122 valence electrons. The van der Waals surface area contributed by atoms with Crippen molar-refractivity contribution in [3.63, 3.8) is 0 Å². The van der Waals surface area contributed by atoms with E-state index in [1.165, 1.54) is 37.7 Å². The molecule has 0 bridgehead atoms. The van der Waals surface area contributed by atoms with Crippen LogP contribution in [0.5, 0.6) is 0 Å². The Morgan fingerprint density at radius 3 is 2.78 bits per heavy atom. The van der Waals surface area contributed by atoms with E-state index in [4.69, 9.17) is 5.73 Å². The van der Waals surface area contributed by atoms with Gasteiger partial charge in [-0.15, -0.1) is 11.8 Å². The van der Waals surface area contributed by atoms with Gasteiger partial charge in [0, 0.05) is 18.0 Å². The summed E-state index contributed by atoms with van der Waals surface area (Å²) in [6, 6.07) is 6.23. The van der Waals surface area contributed by atoms with Crippen molar-refractivity contribution in [2.24, 2.45) is 0 Å². The zero-order valence-corrected chi connectivity index (χ0v) is 15.0. The number of nitrogen functional groups attached to an aromatic ring is 1. The Kier molecular flexibility index (Phi) is 5.78. The Morgan fingerprint density at radius 1 is 1.17 bits per heavy atom. The Bertz CT molecular complexity index is 657. The SMILES string of the molecule is CSc1cc(N)nc(SCc2cc(C3CCCCC3)ccn2)n1. The lowest BCUT2D eigenvalue weighted by molar-refractivity contribution is 0.443. The van der Waals surface area contributed by atoms with Crippen LogP contribution in [0.15, 0.2) is 34.6 Å². The summed E-state index contributed by atoms with van der Waals surface area (Å²) in [6.07, 6.45) is 10.6. The molecule has 0 aromatic carbocycles. The van der Waals surface area contributed by atoms with Gasteiger partial charge in [0.05, 0.1) is 5.69 Å². The molecule has 0 amide bonds. The molecule has 0 unspecified atom stereocenters. The van der Waals surface area contributed by atoms with Crippen LogP contribution in [0.3, 0.4) is 0 Å². The third-order valence-electron chi connectivity index (χ3n) is 4.18. The van der Waals surface area contributed by atoms with Gasteiger partial charge >= 0.3 is 0 Å². The molecule has 4 nitrogen and oxygen atoms in total. The van der Waals surface area contributed by atoms with Crippen LogP contribution in [0.25, 0.3) is 0 Å². The highest BCUT2D eigenvalue weighted by Crippen LogP contribution is 2.33. The van der Waals surface area contributed by atoms with Gasteiger partial charge in [-0.2, -0.15) is 0 Å². The molecule has 0 saturated heterocycles. The predicted octanol–water partition coefficient (Wildman–Crippen LogP) is 4.52. The third kappa shape index (κ3) is 4.61. The van der Waals surface area contributed by atoms with Crippen molar-refractivity contribution in [2.45, 2.75) is 54.0 Å². The minimum atomic E-state index is 0.524. The van der Waals surface area contributed by atoms with Crippen LogP contribution in [-0.2, 0) is 5.75 Å². The van der Waals surface area contributed by atoms with Gasteiger partial charge in [0.25, 0.3) is 0 Å². The van der Waals surface area contributed by atoms with E-state index < -0.39 is 0 Å². The zero-order valence-electron chi connectivity index (χ0n) is 13.4. The molecule has 2 heterocycles. The van der Waals surface area contributed by atoms with Gasteiger partial charge in [0.15, 0.2) is 5.16 Å². The van der Waals surface area contributed by atoms with Gasteiger partial charge in [-0.05, 0) is 42.7 Å². The number of nitrogens with zero attached hydrogens (tertiary/aromatic N) is 3. The fraction of sp³-hybridized carbons (Fsp3) is 0.471. The molecular weight excluding hydrogens is 324 g/mol. The smallest absolute Gasteiger partial charge is 0.190 e. The van der Waals surface area contributed by atoms with Crippen molar-refractivity contribution in [1.82, 2.24) is 15.0 Å². The van der Waals surface area contributed by atoms with E-state index >= 15 is 0 Å². The van der Waals surface area contributed by atoms with Crippen LogP contribution in [0.4, 0.5) is 5.82 Å². The summed E-state index contributed by atoms with van der Waals surface area (Å²) in [5.41, 5.74) is 8.36. The third-order valence-corrected chi connectivity index (χ3v) is 5.69. The Labute approximate surface area is 146 Å². The van der Waals surface area contributed by atoms with E-state index in [1.807, 2.05) is 12.5 Å². The second-order valence-corrected chi connectivity index (χ2v) is 7.59. The molecule has 2 aromatic rings. The van der Waals surface area contributed by atoms with E-state index in [2.05, 4.69) is 27.1 Å². The van der Waals surface area contributed by atoms with Crippen molar-refractivity contribution in [3.05, 3.63) is 35.7 Å². The first-order valence-corrected chi connectivity index (χ1v) is 10.2. The largest absolute Gasteiger partial charge is 0.384 e. The van der Waals surface area contributed by atoms with Gasteiger partial charge in [0.1, 0.15) is 10.8 Å². The summed E-state index contributed by atoms with van der Waals surface area (Å²) in [6.45, 7) is 0. The number of anilines is 1. The molecule has 6 heteroatoms. The minimum Gasteiger partial charge on any atom is -0.384 e. The normalized spacial score (nSPS) is 15.7. The lowest BCUT2D eigenvalue weighted by Crippen LogP contribution is -2.05. The van der Waals surface area contributed by atoms with Crippen molar-refractivity contribution in [3.8, 4) is 0 Å². The van der Waals surface area contributed by atoms with Crippen molar-refractivity contribution >= 4 is 29.3 Å². The summed E-state index contributed by atoms with van der Waals surface area (Å²) in [4.78, 5) is 13.3.